The molecule has 2 aromatic carbocycles. The maximum atomic E-state index is 12.3. The van der Waals surface area contributed by atoms with E-state index < -0.39 is 16.6 Å². The van der Waals surface area contributed by atoms with Crippen LogP contribution in [0.25, 0.3) is 11.3 Å². The number of hydrogen-bond donors (Lipinski definition) is 1. The van der Waals surface area contributed by atoms with Crippen molar-refractivity contribution in [3.05, 3.63) is 52.6 Å². The number of carbonyl (C=O) groups excluding carboxylic acids is 1. The van der Waals surface area contributed by atoms with Crippen LogP contribution in [-0.4, -0.2) is 76.0 Å². The molecule has 0 saturated heterocycles. The second-order valence-corrected chi connectivity index (χ2v) is 9.68. The average Bonchev–Trinajstić information content (AvgIpc) is 3.39. The summed E-state index contributed by atoms with van der Waals surface area (Å²) in [4.78, 5) is 22.9. The number of methoxy groups -OCH3 is 2. The summed E-state index contributed by atoms with van der Waals surface area (Å²) in [6.45, 7) is 6.24. The van der Waals surface area contributed by atoms with Crippen molar-refractivity contribution in [3.8, 4) is 34.3 Å². The standard InChI is InChI=1S/C28H35N3O12/c1-28(2,3)42-27(32)29-25-16-24(43-30-25)26-22(40-18-38-13-11-36-5)14-21(39-17-37-12-10-35-4)15-23(26)41-20-8-6-19(7-9-20)31(33)34/h6-9,14-16H,10-13,17-18H2,1-5H3,(H,29,30,32). The summed E-state index contributed by atoms with van der Waals surface area (Å²) in [5.74, 6) is 1.18. The van der Waals surface area contributed by atoms with Crippen LogP contribution in [0, 0.1) is 10.1 Å². The largest absolute Gasteiger partial charge is 0.467 e. The number of hydrogen-bond acceptors (Lipinski definition) is 13. The number of non-ortho nitro benzene ring substituents is 1. The summed E-state index contributed by atoms with van der Waals surface area (Å²) in [7, 11) is 3.10. The normalized spacial score (nSPS) is 11.2. The van der Waals surface area contributed by atoms with E-state index in [-0.39, 0.29) is 60.3 Å². The Labute approximate surface area is 248 Å². The van der Waals surface area contributed by atoms with Gasteiger partial charge in [-0.05, 0) is 32.9 Å². The van der Waals surface area contributed by atoms with Gasteiger partial charge in [0, 0.05) is 44.6 Å². The summed E-state index contributed by atoms with van der Waals surface area (Å²) >= 11 is 0. The predicted octanol–water partition coefficient (Wildman–Crippen LogP) is 5.39. The van der Waals surface area contributed by atoms with Gasteiger partial charge in [0.2, 0.25) is 0 Å². The van der Waals surface area contributed by atoms with Crippen LogP contribution in [0.2, 0.25) is 0 Å². The van der Waals surface area contributed by atoms with E-state index in [1.807, 2.05) is 0 Å². The van der Waals surface area contributed by atoms with Gasteiger partial charge in [-0.3, -0.25) is 15.4 Å². The zero-order chi connectivity index (χ0) is 31.2. The number of amides is 1. The minimum Gasteiger partial charge on any atom is -0.467 e. The quantitative estimate of drug-likeness (QED) is 0.0899. The number of aromatic nitrogens is 1. The van der Waals surface area contributed by atoms with E-state index >= 15 is 0 Å². The molecule has 0 unspecified atom stereocenters. The van der Waals surface area contributed by atoms with Gasteiger partial charge < -0.3 is 42.4 Å². The Hall–Kier alpha value is -4.44. The zero-order valence-electron chi connectivity index (χ0n) is 24.6. The minimum absolute atomic E-state index is 0.0692. The van der Waals surface area contributed by atoms with Crippen molar-refractivity contribution in [1.29, 1.82) is 0 Å². The number of nitrogens with zero attached hydrogens (tertiary/aromatic N) is 2. The van der Waals surface area contributed by atoms with Crippen LogP contribution in [-0.2, 0) is 23.7 Å². The number of nitrogens with one attached hydrogen (secondary N) is 1. The van der Waals surface area contributed by atoms with E-state index in [0.717, 1.165) is 0 Å². The number of rotatable bonds is 17. The number of nitro benzene ring substituents is 1. The van der Waals surface area contributed by atoms with Crippen LogP contribution < -0.4 is 19.5 Å². The van der Waals surface area contributed by atoms with Crippen LogP contribution >= 0.6 is 0 Å². The predicted molar refractivity (Wildman–Crippen MR) is 152 cm³/mol. The van der Waals surface area contributed by atoms with Crippen molar-refractivity contribution in [1.82, 2.24) is 5.16 Å². The Bertz CT molecular complexity index is 1320. The highest BCUT2D eigenvalue weighted by Crippen LogP contribution is 2.44. The lowest BCUT2D eigenvalue weighted by atomic mass is 10.1. The molecule has 0 aliphatic carbocycles. The SMILES string of the molecule is COCCOCOc1cc(OCOCCOC)c(-c2cc(NC(=O)OC(C)(C)C)no2)c(Oc2ccc([N+](=O)[O-])cc2)c1. The lowest BCUT2D eigenvalue weighted by Crippen LogP contribution is -2.27. The molecule has 3 aromatic rings. The molecule has 1 heterocycles. The summed E-state index contributed by atoms with van der Waals surface area (Å²) < 4.78 is 49.5. The van der Waals surface area contributed by atoms with Gasteiger partial charge in [0.05, 0.1) is 31.4 Å². The van der Waals surface area contributed by atoms with Gasteiger partial charge in [0.25, 0.3) is 5.69 Å². The highest BCUT2D eigenvalue weighted by atomic mass is 16.7. The van der Waals surface area contributed by atoms with Gasteiger partial charge in [0.1, 0.15) is 34.2 Å². The van der Waals surface area contributed by atoms with Crippen LogP contribution in [0.4, 0.5) is 16.3 Å². The molecule has 0 spiro atoms. The Balaban J connectivity index is 1.99. The third-order valence-electron chi connectivity index (χ3n) is 5.17. The molecule has 15 nitrogen and oxygen atoms in total. The Morgan fingerprint density at radius 1 is 0.907 bits per heavy atom. The Kier molecular flexibility index (Phi) is 12.5. The average molecular weight is 606 g/mol. The molecule has 15 heteroatoms. The van der Waals surface area contributed by atoms with Crippen molar-refractivity contribution < 1.29 is 52.1 Å². The van der Waals surface area contributed by atoms with E-state index in [4.69, 9.17) is 42.4 Å². The van der Waals surface area contributed by atoms with Crippen LogP contribution in [0.5, 0.6) is 23.0 Å². The maximum Gasteiger partial charge on any atom is 0.413 e. The van der Waals surface area contributed by atoms with Gasteiger partial charge >= 0.3 is 6.09 Å². The Morgan fingerprint density at radius 3 is 2.14 bits per heavy atom. The molecule has 0 aliphatic rings. The van der Waals surface area contributed by atoms with Gasteiger partial charge in [-0.1, -0.05) is 5.16 Å². The van der Waals surface area contributed by atoms with Crippen molar-refractivity contribution in [2.24, 2.45) is 0 Å². The molecule has 3 rings (SSSR count). The lowest BCUT2D eigenvalue weighted by molar-refractivity contribution is -0.384. The monoisotopic (exact) mass is 605 g/mol. The highest BCUT2D eigenvalue weighted by molar-refractivity contribution is 5.85. The van der Waals surface area contributed by atoms with E-state index in [1.54, 1.807) is 47.1 Å². The molecule has 1 aromatic heterocycles. The van der Waals surface area contributed by atoms with Gasteiger partial charge in [0.15, 0.2) is 25.2 Å². The number of ether oxygens (including phenoxy) is 8. The highest BCUT2D eigenvalue weighted by Gasteiger charge is 2.24. The number of nitro groups is 1. The second-order valence-electron chi connectivity index (χ2n) is 9.68. The molecular formula is C28H35N3O12. The second kappa shape index (κ2) is 16.3. The fourth-order valence-electron chi connectivity index (χ4n) is 3.33. The van der Waals surface area contributed by atoms with Gasteiger partial charge in [-0.2, -0.15) is 0 Å². The summed E-state index contributed by atoms with van der Waals surface area (Å²) in [6, 6.07) is 10.1. The molecule has 0 aliphatic heterocycles. The Morgan fingerprint density at radius 2 is 1.53 bits per heavy atom. The van der Waals surface area contributed by atoms with E-state index in [1.165, 1.54) is 30.3 Å². The first-order chi connectivity index (χ1) is 20.6. The van der Waals surface area contributed by atoms with E-state index in [9.17, 15) is 14.9 Å². The van der Waals surface area contributed by atoms with Gasteiger partial charge in [-0.15, -0.1) is 0 Å². The molecule has 234 valence electrons. The molecule has 1 amide bonds. The summed E-state index contributed by atoms with van der Waals surface area (Å²) in [5.41, 5.74) is -0.552. The maximum absolute atomic E-state index is 12.3. The fourth-order valence-corrected chi connectivity index (χ4v) is 3.33. The fraction of sp³-hybridized carbons (Fsp3) is 0.429. The zero-order valence-corrected chi connectivity index (χ0v) is 24.6. The summed E-state index contributed by atoms with van der Waals surface area (Å²) in [6.07, 6.45) is -0.727. The molecule has 0 bridgehead atoms. The number of anilines is 1. The third-order valence-corrected chi connectivity index (χ3v) is 5.17. The minimum atomic E-state index is -0.727. The van der Waals surface area contributed by atoms with Crippen molar-refractivity contribution in [2.75, 3.05) is 59.5 Å². The molecular weight excluding hydrogens is 570 g/mol. The molecule has 0 fully saturated rings. The molecule has 0 atom stereocenters. The molecule has 43 heavy (non-hydrogen) atoms. The van der Waals surface area contributed by atoms with Crippen LogP contribution in [0.3, 0.4) is 0 Å². The molecule has 1 N–H and O–H groups in total. The first-order valence-electron chi connectivity index (χ1n) is 13.1. The molecule has 0 radical (unpaired) electrons. The first kappa shape index (κ1) is 33.1. The van der Waals surface area contributed by atoms with Gasteiger partial charge in [-0.25, -0.2) is 4.79 Å². The van der Waals surface area contributed by atoms with Crippen LogP contribution in [0.1, 0.15) is 20.8 Å². The van der Waals surface area contributed by atoms with Crippen molar-refractivity contribution >= 4 is 17.6 Å². The number of benzene rings is 2. The van der Waals surface area contributed by atoms with E-state index in [2.05, 4.69) is 10.5 Å². The lowest BCUT2D eigenvalue weighted by Gasteiger charge is -2.18. The van der Waals surface area contributed by atoms with Crippen LogP contribution in [0.15, 0.2) is 47.0 Å². The topological polar surface area (TPSA) is 172 Å². The first-order valence-corrected chi connectivity index (χ1v) is 13.1. The third kappa shape index (κ3) is 11.1. The molecule has 0 saturated carbocycles. The summed E-state index contributed by atoms with van der Waals surface area (Å²) in [5, 5.41) is 17.6. The smallest absolute Gasteiger partial charge is 0.413 e. The number of carbonyl (C=O) groups is 1. The van der Waals surface area contributed by atoms with Crippen molar-refractivity contribution in [3.63, 3.8) is 0 Å². The van der Waals surface area contributed by atoms with E-state index in [0.29, 0.717) is 25.6 Å². The van der Waals surface area contributed by atoms with Crippen molar-refractivity contribution in [2.45, 2.75) is 26.4 Å².